The first-order chi connectivity index (χ1) is 10.2. The van der Waals surface area contributed by atoms with Crippen molar-refractivity contribution in [3.63, 3.8) is 0 Å². The molecule has 0 aromatic rings. The van der Waals surface area contributed by atoms with Gasteiger partial charge in [0.15, 0.2) is 5.78 Å². The lowest BCUT2D eigenvalue weighted by Crippen LogP contribution is -2.53. The van der Waals surface area contributed by atoms with Gasteiger partial charge in [-0.3, -0.25) is 14.5 Å². The number of amides is 1. The number of nitrogens with zero attached hydrogens (tertiary/aromatic N) is 2. The average Bonchev–Trinajstić information content (AvgIpc) is 2.45. The van der Waals surface area contributed by atoms with E-state index in [9.17, 15) is 9.59 Å². The normalized spacial score (nSPS) is 18.3. The number of carbonyl (C=O) groups is 2. The zero-order valence-corrected chi connectivity index (χ0v) is 15.1. The Balaban J connectivity index is 2.58. The van der Waals surface area contributed by atoms with Crippen LogP contribution in [0.15, 0.2) is 0 Å². The molecule has 0 unspecified atom stereocenters. The minimum atomic E-state index is -0.365. The van der Waals surface area contributed by atoms with Crippen molar-refractivity contribution in [3.8, 4) is 0 Å². The van der Waals surface area contributed by atoms with E-state index in [0.717, 1.165) is 26.2 Å². The summed E-state index contributed by atoms with van der Waals surface area (Å²) in [4.78, 5) is 29.1. The third-order valence-electron chi connectivity index (χ3n) is 4.22. The lowest BCUT2D eigenvalue weighted by molar-refractivity contribution is -0.136. The molecule has 1 fully saturated rings. The van der Waals surface area contributed by atoms with Crippen LogP contribution in [-0.2, 0) is 9.59 Å². The van der Waals surface area contributed by atoms with E-state index in [1.807, 2.05) is 32.6 Å². The topological polar surface area (TPSA) is 52.7 Å². The van der Waals surface area contributed by atoms with Crippen LogP contribution in [0.25, 0.3) is 0 Å². The SMILES string of the molecule is CC(C)N[C@@H](CC(=O)N1CCN(C(C)C)CC1)C(=O)C(C)C. The molecular formula is C17H33N3O2. The second-order valence-corrected chi connectivity index (χ2v) is 7.15. The first-order valence-electron chi connectivity index (χ1n) is 8.54. The maximum absolute atomic E-state index is 12.5. The number of ketones is 1. The third-order valence-corrected chi connectivity index (χ3v) is 4.22. The van der Waals surface area contributed by atoms with Crippen molar-refractivity contribution in [3.05, 3.63) is 0 Å². The molecule has 0 saturated carbocycles. The van der Waals surface area contributed by atoms with E-state index in [0.29, 0.717) is 6.04 Å². The van der Waals surface area contributed by atoms with E-state index in [4.69, 9.17) is 0 Å². The standard InChI is InChI=1S/C17H33N3O2/c1-12(2)17(22)15(18-13(3)4)11-16(21)20-9-7-19(8-10-20)14(5)6/h12-15,18H,7-11H2,1-6H3/t15-/m0/s1. The first-order valence-corrected chi connectivity index (χ1v) is 8.54. The third kappa shape index (κ3) is 5.69. The van der Waals surface area contributed by atoms with Crippen molar-refractivity contribution in [2.45, 2.75) is 66.1 Å². The zero-order chi connectivity index (χ0) is 16.9. The van der Waals surface area contributed by atoms with E-state index in [1.54, 1.807) is 0 Å². The van der Waals surface area contributed by atoms with Gasteiger partial charge in [-0.25, -0.2) is 0 Å². The molecule has 5 nitrogen and oxygen atoms in total. The van der Waals surface area contributed by atoms with Gasteiger partial charge in [0.05, 0.1) is 6.04 Å². The molecule has 5 heteroatoms. The van der Waals surface area contributed by atoms with Crippen LogP contribution in [0, 0.1) is 5.92 Å². The predicted octanol–water partition coefficient (Wildman–Crippen LogP) is 1.52. The molecule has 1 heterocycles. The monoisotopic (exact) mass is 311 g/mol. The zero-order valence-electron chi connectivity index (χ0n) is 15.1. The van der Waals surface area contributed by atoms with Gasteiger partial charge < -0.3 is 10.2 Å². The maximum Gasteiger partial charge on any atom is 0.224 e. The Bertz CT molecular complexity index is 372. The van der Waals surface area contributed by atoms with E-state index < -0.39 is 0 Å². The quantitative estimate of drug-likeness (QED) is 0.774. The van der Waals surface area contributed by atoms with Crippen LogP contribution in [0.3, 0.4) is 0 Å². The van der Waals surface area contributed by atoms with Crippen LogP contribution in [-0.4, -0.2) is 65.8 Å². The van der Waals surface area contributed by atoms with E-state index in [2.05, 4.69) is 24.1 Å². The van der Waals surface area contributed by atoms with Crippen LogP contribution in [0.1, 0.15) is 48.0 Å². The van der Waals surface area contributed by atoms with Gasteiger partial charge in [0.2, 0.25) is 5.91 Å². The molecule has 1 aliphatic heterocycles. The number of Topliss-reactive ketones (excluding diaryl/α,β-unsaturated/α-hetero) is 1. The summed E-state index contributed by atoms with van der Waals surface area (Å²) in [6, 6.07) is 0.351. The highest BCUT2D eigenvalue weighted by atomic mass is 16.2. The van der Waals surface area contributed by atoms with E-state index in [-0.39, 0.29) is 36.1 Å². The Hall–Kier alpha value is -0.940. The molecule has 1 atom stereocenters. The molecular weight excluding hydrogens is 278 g/mol. The Morgan fingerprint density at radius 2 is 1.50 bits per heavy atom. The molecule has 0 radical (unpaired) electrons. The molecule has 1 amide bonds. The number of piperazine rings is 1. The number of hydrogen-bond acceptors (Lipinski definition) is 4. The largest absolute Gasteiger partial charge is 0.340 e. The highest BCUT2D eigenvalue weighted by Gasteiger charge is 2.28. The molecule has 0 bridgehead atoms. The van der Waals surface area contributed by atoms with Crippen molar-refractivity contribution in [1.29, 1.82) is 0 Å². The molecule has 0 aromatic carbocycles. The summed E-state index contributed by atoms with van der Waals surface area (Å²) in [6.07, 6.45) is 0.275. The lowest BCUT2D eigenvalue weighted by Gasteiger charge is -2.37. The molecule has 1 N–H and O–H groups in total. The summed E-state index contributed by atoms with van der Waals surface area (Å²) in [5, 5.41) is 3.25. The number of rotatable bonds is 7. The van der Waals surface area contributed by atoms with Crippen molar-refractivity contribution < 1.29 is 9.59 Å². The van der Waals surface area contributed by atoms with Gasteiger partial charge in [-0.1, -0.05) is 27.7 Å². The van der Waals surface area contributed by atoms with Gasteiger partial charge in [0.25, 0.3) is 0 Å². The van der Waals surface area contributed by atoms with Crippen molar-refractivity contribution in [2.24, 2.45) is 5.92 Å². The van der Waals surface area contributed by atoms with Gasteiger partial charge in [0, 0.05) is 50.6 Å². The summed E-state index contributed by atoms with van der Waals surface area (Å²) in [6.45, 7) is 15.5. The van der Waals surface area contributed by atoms with Gasteiger partial charge in [-0.15, -0.1) is 0 Å². The molecule has 1 rings (SSSR count). The number of carbonyl (C=O) groups excluding carboxylic acids is 2. The Morgan fingerprint density at radius 3 is 1.91 bits per heavy atom. The predicted molar refractivity (Wildman–Crippen MR) is 89.8 cm³/mol. The van der Waals surface area contributed by atoms with Gasteiger partial charge in [-0.2, -0.15) is 0 Å². The van der Waals surface area contributed by atoms with Crippen LogP contribution >= 0.6 is 0 Å². The van der Waals surface area contributed by atoms with Gasteiger partial charge in [0.1, 0.15) is 0 Å². The first kappa shape index (κ1) is 19.1. The van der Waals surface area contributed by atoms with Crippen molar-refractivity contribution in [2.75, 3.05) is 26.2 Å². The maximum atomic E-state index is 12.5. The highest BCUT2D eigenvalue weighted by Crippen LogP contribution is 2.11. The second kappa shape index (κ2) is 8.63. The number of hydrogen-bond donors (Lipinski definition) is 1. The number of nitrogens with one attached hydrogen (secondary N) is 1. The van der Waals surface area contributed by atoms with Crippen molar-refractivity contribution >= 4 is 11.7 Å². The Morgan fingerprint density at radius 1 is 0.955 bits per heavy atom. The van der Waals surface area contributed by atoms with Crippen molar-refractivity contribution in [1.82, 2.24) is 15.1 Å². The minimum Gasteiger partial charge on any atom is -0.340 e. The van der Waals surface area contributed by atoms with Crippen LogP contribution in [0.5, 0.6) is 0 Å². The summed E-state index contributed by atoms with van der Waals surface area (Å²) in [5.41, 5.74) is 0. The Labute approximate surface area is 135 Å². The summed E-state index contributed by atoms with van der Waals surface area (Å²) in [7, 11) is 0. The molecule has 22 heavy (non-hydrogen) atoms. The Kier molecular flexibility index (Phi) is 7.49. The molecule has 1 saturated heterocycles. The van der Waals surface area contributed by atoms with Crippen LogP contribution in [0.4, 0.5) is 0 Å². The fourth-order valence-electron chi connectivity index (χ4n) is 2.84. The molecule has 1 aliphatic rings. The van der Waals surface area contributed by atoms with Gasteiger partial charge >= 0.3 is 0 Å². The molecule has 0 aliphatic carbocycles. The summed E-state index contributed by atoms with van der Waals surface area (Å²) < 4.78 is 0. The van der Waals surface area contributed by atoms with E-state index in [1.165, 1.54) is 0 Å². The van der Waals surface area contributed by atoms with Crippen LogP contribution < -0.4 is 5.32 Å². The minimum absolute atomic E-state index is 0.0539. The fraction of sp³-hybridized carbons (Fsp3) is 0.882. The van der Waals surface area contributed by atoms with Gasteiger partial charge in [-0.05, 0) is 13.8 Å². The molecule has 128 valence electrons. The van der Waals surface area contributed by atoms with E-state index >= 15 is 0 Å². The van der Waals surface area contributed by atoms with Crippen LogP contribution in [0.2, 0.25) is 0 Å². The average molecular weight is 311 g/mol. The highest BCUT2D eigenvalue weighted by molar-refractivity contribution is 5.90. The smallest absolute Gasteiger partial charge is 0.224 e. The summed E-state index contributed by atoms with van der Waals surface area (Å²) >= 11 is 0. The fourth-order valence-corrected chi connectivity index (χ4v) is 2.84. The molecule has 0 aromatic heterocycles. The lowest BCUT2D eigenvalue weighted by atomic mass is 9.98. The second-order valence-electron chi connectivity index (χ2n) is 7.15. The summed E-state index contributed by atoms with van der Waals surface area (Å²) in [5.74, 6) is 0.167. The molecule has 0 spiro atoms.